The van der Waals surface area contributed by atoms with Gasteiger partial charge in [0.05, 0.1) is 17.7 Å². The number of amides is 1. The van der Waals surface area contributed by atoms with Gasteiger partial charge in [-0.3, -0.25) is 14.9 Å². The highest BCUT2D eigenvalue weighted by Gasteiger charge is 2.25. The summed E-state index contributed by atoms with van der Waals surface area (Å²) in [5.74, 6) is 1.38. The molecule has 0 aliphatic carbocycles. The van der Waals surface area contributed by atoms with Crippen LogP contribution in [-0.2, 0) is 0 Å². The molecule has 2 aromatic carbocycles. The average Bonchev–Trinajstić information content (AvgIpc) is 2.84. The highest BCUT2D eigenvalue weighted by Crippen LogP contribution is 2.25. The van der Waals surface area contributed by atoms with Crippen molar-refractivity contribution in [2.24, 2.45) is 0 Å². The van der Waals surface area contributed by atoms with Gasteiger partial charge in [-0.25, -0.2) is 9.97 Å². The minimum atomic E-state index is -0.459. The second-order valence-corrected chi connectivity index (χ2v) is 7.53. The molecule has 1 aromatic heterocycles. The van der Waals surface area contributed by atoms with E-state index in [-0.39, 0.29) is 11.6 Å². The largest absolute Gasteiger partial charge is 0.497 e. The number of benzene rings is 2. The first kappa shape index (κ1) is 21.2. The van der Waals surface area contributed by atoms with Crippen molar-refractivity contribution in [3.05, 3.63) is 76.1 Å². The van der Waals surface area contributed by atoms with Crippen LogP contribution in [0.3, 0.4) is 0 Å². The predicted molar refractivity (Wildman–Crippen MR) is 120 cm³/mol. The van der Waals surface area contributed by atoms with E-state index in [0.717, 1.165) is 22.8 Å². The third-order valence-corrected chi connectivity index (χ3v) is 5.58. The van der Waals surface area contributed by atoms with Gasteiger partial charge < -0.3 is 14.5 Å². The summed E-state index contributed by atoms with van der Waals surface area (Å²) in [7, 11) is 1.63. The molecule has 9 nitrogen and oxygen atoms in total. The van der Waals surface area contributed by atoms with Crippen molar-refractivity contribution in [3.63, 3.8) is 0 Å². The zero-order valence-corrected chi connectivity index (χ0v) is 17.9. The van der Waals surface area contributed by atoms with E-state index in [1.54, 1.807) is 31.1 Å². The Morgan fingerprint density at radius 2 is 1.75 bits per heavy atom. The summed E-state index contributed by atoms with van der Waals surface area (Å²) in [6.45, 7) is 3.88. The lowest BCUT2D eigenvalue weighted by atomic mass is 10.1. The Labute approximate surface area is 185 Å². The molecule has 4 rings (SSSR count). The van der Waals surface area contributed by atoms with Crippen LogP contribution in [0.25, 0.3) is 11.3 Å². The van der Waals surface area contributed by atoms with Gasteiger partial charge in [0, 0.05) is 55.0 Å². The Morgan fingerprint density at radius 1 is 1.03 bits per heavy atom. The summed E-state index contributed by atoms with van der Waals surface area (Å²) < 4.78 is 5.20. The summed E-state index contributed by atoms with van der Waals surface area (Å²) in [5, 5.41) is 11.2. The molecule has 1 aliphatic rings. The first-order chi connectivity index (χ1) is 15.5. The number of carbonyl (C=O) groups excluding carboxylic acids is 1. The van der Waals surface area contributed by atoms with E-state index in [4.69, 9.17) is 4.74 Å². The van der Waals surface area contributed by atoms with E-state index in [2.05, 4.69) is 14.9 Å². The van der Waals surface area contributed by atoms with Crippen molar-refractivity contribution in [1.29, 1.82) is 0 Å². The van der Waals surface area contributed by atoms with E-state index in [0.29, 0.717) is 37.3 Å². The number of nitrogens with zero attached hydrogens (tertiary/aromatic N) is 5. The number of methoxy groups -OCH3 is 1. The second-order valence-electron chi connectivity index (χ2n) is 7.53. The molecule has 164 valence electrons. The lowest BCUT2D eigenvalue weighted by Gasteiger charge is -2.35. The molecule has 1 fully saturated rings. The van der Waals surface area contributed by atoms with Crippen LogP contribution in [0.2, 0.25) is 0 Å². The normalized spacial score (nSPS) is 13.7. The number of piperazine rings is 1. The lowest BCUT2D eigenvalue weighted by Crippen LogP contribution is -2.49. The number of hydrogen-bond acceptors (Lipinski definition) is 7. The third kappa shape index (κ3) is 4.36. The molecule has 1 amide bonds. The number of aryl methyl sites for hydroxylation is 1. The summed E-state index contributed by atoms with van der Waals surface area (Å²) in [5.41, 5.74) is 2.60. The molecule has 1 aliphatic heterocycles. The smallest absolute Gasteiger partial charge is 0.273 e. The highest BCUT2D eigenvalue weighted by atomic mass is 16.6. The van der Waals surface area contributed by atoms with Crippen LogP contribution in [0.4, 0.5) is 11.5 Å². The van der Waals surface area contributed by atoms with Gasteiger partial charge in [-0.2, -0.15) is 0 Å². The molecule has 3 aromatic rings. The molecule has 0 spiro atoms. The van der Waals surface area contributed by atoms with Crippen LogP contribution in [0, 0.1) is 17.0 Å². The molecular weight excluding hydrogens is 410 g/mol. The van der Waals surface area contributed by atoms with Crippen molar-refractivity contribution in [2.75, 3.05) is 38.2 Å². The summed E-state index contributed by atoms with van der Waals surface area (Å²) in [6.07, 6.45) is 1.54. The third-order valence-electron chi connectivity index (χ3n) is 5.58. The van der Waals surface area contributed by atoms with Crippen LogP contribution in [-0.4, -0.2) is 59.0 Å². The molecule has 0 unspecified atom stereocenters. The molecule has 0 atom stereocenters. The second kappa shape index (κ2) is 9.01. The van der Waals surface area contributed by atoms with Gasteiger partial charge in [0.25, 0.3) is 11.6 Å². The number of ether oxygens (including phenoxy) is 1. The number of carbonyl (C=O) groups is 1. The van der Waals surface area contributed by atoms with E-state index >= 15 is 0 Å². The summed E-state index contributed by atoms with van der Waals surface area (Å²) in [6, 6.07) is 14.2. The molecule has 2 heterocycles. The summed E-state index contributed by atoms with van der Waals surface area (Å²) in [4.78, 5) is 36.2. The van der Waals surface area contributed by atoms with Gasteiger partial charge in [0.15, 0.2) is 0 Å². The van der Waals surface area contributed by atoms with Gasteiger partial charge in [0.1, 0.15) is 17.9 Å². The Balaban J connectivity index is 1.44. The minimum Gasteiger partial charge on any atom is -0.497 e. The number of rotatable bonds is 5. The maximum absolute atomic E-state index is 12.9. The molecule has 1 saturated heterocycles. The fraction of sp³-hybridized carbons (Fsp3) is 0.261. The van der Waals surface area contributed by atoms with E-state index in [9.17, 15) is 14.9 Å². The number of aromatic nitrogens is 2. The number of anilines is 1. The van der Waals surface area contributed by atoms with Gasteiger partial charge in [-0.05, 0) is 37.3 Å². The van der Waals surface area contributed by atoms with Crippen molar-refractivity contribution < 1.29 is 14.5 Å². The number of hydrogen-bond donors (Lipinski definition) is 0. The molecule has 0 saturated carbocycles. The fourth-order valence-corrected chi connectivity index (χ4v) is 3.70. The Hall–Kier alpha value is -4.01. The Morgan fingerprint density at radius 3 is 2.41 bits per heavy atom. The van der Waals surface area contributed by atoms with Crippen LogP contribution < -0.4 is 9.64 Å². The lowest BCUT2D eigenvalue weighted by molar-refractivity contribution is -0.385. The molecule has 32 heavy (non-hydrogen) atoms. The highest BCUT2D eigenvalue weighted by molar-refractivity contribution is 5.95. The fourth-order valence-electron chi connectivity index (χ4n) is 3.70. The number of nitro groups is 1. The van der Waals surface area contributed by atoms with Gasteiger partial charge in [-0.1, -0.05) is 6.07 Å². The first-order valence-electron chi connectivity index (χ1n) is 10.2. The minimum absolute atomic E-state index is 0.0402. The first-order valence-corrected chi connectivity index (χ1v) is 10.2. The molecule has 0 radical (unpaired) electrons. The zero-order valence-electron chi connectivity index (χ0n) is 17.9. The van der Waals surface area contributed by atoms with Crippen LogP contribution in [0.1, 0.15) is 15.9 Å². The van der Waals surface area contributed by atoms with Crippen molar-refractivity contribution in [1.82, 2.24) is 14.9 Å². The van der Waals surface area contributed by atoms with Crippen LogP contribution in [0.15, 0.2) is 54.9 Å². The van der Waals surface area contributed by atoms with E-state index in [1.807, 2.05) is 30.3 Å². The monoisotopic (exact) mass is 433 g/mol. The quantitative estimate of drug-likeness (QED) is 0.449. The maximum Gasteiger partial charge on any atom is 0.273 e. The maximum atomic E-state index is 12.9. The van der Waals surface area contributed by atoms with Crippen molar-refractivity contribution >= 4 is 17.4 Å². The van der Waals surface area contributed by atoms with Crippen LogP contribution >= 0.6 is 0 Å². The molecule has 0 N–H and O–H groups in total. The van der Waals surface area contributed by atoms with Gasteiger partial charge in [-0.15, -0.1) is 0 Å². The average molecular weight is 433 g/mol. The van der Waals surface area contributed by atoms with Crippen LogP contribution in [0.5, 0.6) is 5.75 Å². The van der Waals surface area contributed by atoms with Gasteiger partial charge >= 0.3 is 0 Å². The van der Waals surface area contributed by atoms with E-state index < -0.39 is 4.92 Å². The zero-order chi connectivity index (χ0) is 22.7. The van der Waals surface area contributed by atoms with Crippen molar-refractivity contribution in [3.8, 4) is 17.0 Å². The standard InChI is InChI=1S/C23H23N5O4/c1-16-3-4-18(13-21(16)28(30)31)23(29)27-11-9-26(10-12-27)22-14-20(24-15-25-22)17-5-7-19(32-2)8-6-17/h3-8,13-15H,9-12H2,1-2H3. The molecule has 9 heteroatoms. The molecule has 0 bridgehead atoms. The summed E-state index contributed by atoms with van der Waals surface area (Å²) >= 11 is 0. The topological polar surface area (TPSA) is 102 Å². The molecular formula is C23H23N5O4. The predicted octanol–water partition coefficient (Wildman–Crippen LogP) is 3.33. The SMILES string of the molecule is COc1ccc(-c2cc(N3CCN(C(=O)c4ccc(C)c([N+](=O)[O-])c4)CC3)ncn2)cc1. The van der Waals surface area contributed by atoms with E-state index in [1.165, 1.54) is 12.4 Å². The Bertz CT molecular complexity index is 1140. The van der Waals surface area contributed by atoms with Crippen molar-refractivity contribution in [2.45, 2.75) is 6.92 Å². The Kier molecular flexibility index (Phi) is 5.98. The van der Waals surface area contributed by atoms with Gasteiger partial charge in [0.2, 0.25) is 0 Å². The number of nitro benzene ring substituents is 1.